The van der Waals surface area contributed by atoms with Gasteiger partial charge in [0.15, 0.2) is 5.13 Å². The maximum Gasteiger partial charge on any atom is 0.186 e. The number of aromatic nitrogens is 1. The Labute approximate surface area is 116 Å². The predicted molar refractivity (Wildman–Crippen MR) is 79.9 cm³/mol. The van der Waals surface area contributed by atoms with Crippen LogP contribution in [-0.4, -0.2) is 23.8 Å². The summed E-state index contributed by atoms with van der Waals surface area (Å²) >= 11 is 1.76. The van der Waals surface area contributed by atoms with E-state index < -0.39 is 0 Å². The van der Waals surface area contributed by atoms with Gasteiger partial charge in [0.1, 0.15) is 0 Å². The summed E-state index contributed by atoms with van der Waals surface area (Å²) in [7, 11) is 0. The number of thiazole rings is 1. The van der Waals surface area contributed by atoms with E-state index in [1.165, 1.54) is 4.70 Å². The van der Waals surface area contributed by atoms with Gasteiger partial charge in [-0.05, 0) is 12.1 Å². The Bertz CT molecular complexity index is 523. The number of fused-ring (bicyclic) bond motifs is 1. The molecule has 1 aliphatic rings. The van der Waals surface area contributed by atoms with Crippen LogP contribution in [0.2, 0.25) is 0 Å². The monoisotopic (exact) mass is 282 g/mol. The van der Waals surface area contributed by atoms with Crippen molar-refractivity contribution in [2.24, 2.45) is 10.9 Å². The molecule has 2 aromatic rings. The van der Waals surface area contributed by atoms with Gasteiger partial charge in [0, 0.05) is 31.6 Å². The predicted octanol–water partition coefficient (Wildman–Crippen LogP) is 2.63. The molecule has 1 saturated heterocycles. The highest BCUT2D eigenvalue weighted by molar-refractivity contribution is 7.22. The second-order valence-corrected chi connectivity index (χ2v) is 5.16. The average molecular weight is 283 g/mol. The van der Waals surface area contributed by atoms with Crippen LogP contribution in [0.25, 0.3) is 10.2 Å². The van der Waals surface area contributed by atoms with Gasteiger partial charge in [0.05, 0.1) is 10.2 Å². The van der Waals surface area contributed by atoms with E-state index in [0.29, 0.717) is 0 Å². The fraction of sp³-hybridized carbons (Fsp3) is 0.333. The quantitative estimate of drug-likeness (QED) is 0.646. The Morgan fingerprint density at radius 2 is 1.94 bits per heavy atom. The minimum absolute atomic E-state index is 0. The molecule has 0 amide bonds. The Balaban J connectivity index is 0.00000120. The normalized spacial score (nSPS) is 15.6. The number of anilines is 1. The Morgan fingerprint density at radius 3 is 2.61 bits per heavy atom. The highest BCUT2D eigenvalue weighted by atomic mass is 35.5. The van der Waals surface area contributed by atoms with E-state index in [4.69, 9.17) is 5.84 Å². The van der Waals surface area contributed by atoms with Crippen molar-refractivity contribution in [2.45, 2.75) is 12.8 Å². The molecule has 1 aromatic carbocycles. The van der Waals surface area contributed by atoms with Crippen LogP contribution < -0.4 is 10.7 Å². The molecule has 2 N–H and O–H groups in total. The number of rotatable bonds is 1. The van der Waals surface area contributed by atoms with E-state index in [0.717, 1.165) is 42.3 Å². The third-order valence-corrected chi connectivity index (χ3v) is 4.17. The molecule has 0 radical (unpaired) electrons. The molecule has 3 rings (SSSR count). The molecule has 0 saturated carbocycles. The lowest BCUT2D eigenvalue weighted by molar-refractivity contribution is 0.753. The molecule has 0 spiro atoms. The van der Waals surface area contributed by atoms with E-state index in [2.05, 4.69) is 33.2 Å². The third kappa shape index (κ3) is 2.42. The van der Waals surface area contributed by atoms with Crippen LogP contribution in [-0.2, 0) is 0 Å². The van der Waals surface area contributed by atoms with E-state index in [-0.39, 0.29) is 12.4 Å². The van der Waals surface area contributed by atoms with Gasteiger partial charge in [0.2, 0.25) is 0 Å². The number of piperidine rings is 1. The zero-order chi connectivity index (χ0) is 11.7. The molecule has 0 atom stereocenters. The lowest BCUT2D eigenvalue weighted by Crippen LogP contribution is -2.34. The summed E-state index contributed by atoms with van der Waals surface area (Å²) in [6.07, 6.45) is 1.90. The first-order chi connectivity index (χ1) is 8.36. The van der Waals surface area contributed by atoms with Crippen LogP contribution in [0.3, 0.4) is 0 Å². The van der Waals surface area contributed by atoms with Crippen molar-refractivity contribution in [3.63, 3.8) is 0 Å². The van der Waals surface area contributed by atoms with Crippen LogP contribution in [0.15, 0.2) is 29.4 Å². The number of para-hydroxylation sites is 1. The fourth-order valence-electron chi connectivity index (χ4n) is 2.08. The van der Waals surface area contributed by atoms with Crippen LogP contribution in [0.1, 0.15) is 12.8 Å². The summed E-state index contributed by atoms with van der Waals surface area (Å²) < 4.78 is 1.25. The van der Waals surface area contributed by atoms with Gasteiger partial charge in [-0.1, -0.05) is 23.5 Å². The van der Waals surface area contributed by atoms with Gasteiger partial charge in [-0.2, -0.15) is 5.10 Å². The minimum atomic E-state index is 0. The van der Waals surface area contributed by atoms with Crippen LogP contribution in [0.4, 0.5) is 5.13 Å². The van der Waals surface area contributed by atoms with Crippen LogP contribution in [0, 0.1) is 0 Å². The topological polar surface area (TPSA) is 54.5 Å². The number of hydrogen-bond acceptors (Lipinski definition) is 5. The summed E-state index contributed by atoms with van der Waals surface area (Å²) in [5.41, 5.74) is 2.20. The summed E-state index contributed by atoms with van der Waals surface area (Å²) in [5, 5.41) is 4.90. The van der Waals surface area contributed by atoms with E-state index in [1.807, 2.05) is 6.07 Å². The molecular formula is C12H15ClN4S. The lowest BCUT2D eigenvalue weighted by atomic mass is 10.1. The Kier molecular flexibility index (Phi) is 4.04. The van der Waals surface area contributed by atoms with Gasteiger partial charge >= 0.3 is 0 Å². The van der Waals surface area contributed by atoms with Crippen molar-refractivity contribution in [1.82, 2.24) is 4.98 Å². The number of halogens is 1. The summed E-state index contributed by atoms with van der Waals surface area (Å²) in [6.45, 7) is 1.94. The average Bonchev–Trinajstić information content (AvgIpc) is 2.82. The maximum atomic E-state index is 5.31. The SMILES string of the molecule is Cl.NN=C1CCN(c2nc3ccccc3s2)CC1. The first-order valence-electron chi connectivity index (χ1n) is 5.73. The molecule has 96 valence electrons. The standard InChI is InChI=1S/C12H14N4S.ClH/c13-15-9-5-7-16(8-6-9)12-14-10-3-1-2-4-11(10)17-12;/h1-4H,5-8,13H2;1H. The molecule has 0 aliphatic carbocycles. The van der Waals surface area contributed by atoms with Crippen molar-refractivity contribution in [2.75, 3.05) is 18.0 Å². The lowest BCUT2D eigenvalue weighted by Gasteiger charge is -2.26. The molecule has 1 aliphatic heterocycles. The van der Waals surface area contributed by atoms with Gasteiger partial charge in [-0.25, -0.2) is 4.98 Å². The summed E-state index contributed by atoms with van der Waals surface area (Å²) in [5.74, 6) is 5.31. The number of benzene rings is 1. The molecule has 6 heteroatoms. The highest BCUT2D eigenvalue weighted by Crippen LogP contribution is 2.29. The minimum Gasteiger partial charge on any atom is -0.347 e. The zero-order valence-electron chi connectivity index (χ0n) is 9.87. The maximum absolute atomic E-state index is 5.31. The molecule has 0 bridgehead atoms. The molecule has 0 unspecified atom stereocenters. The number of hydrazone groups is 1. The van der Waals surface area contributed by atoms with Gasteiger partial charge in [-0.15, -0.1) is 12.4 Å². The third-order valence-electron chi connectivity index (χ3n) is 3.08. The van der Waals surface area contributed by atoms with Crippen molar-refractivity contribution in [1.29, 1.82) is 0 Å². The van der Waals surface area contributed by atoms with Crippen molar-refractivity contribution >= 4 is 44.8 Å². The molecule has 4 nitrogen and oxygen atoms in total. The number of hydrogen-bond donors (Lipinski definition) is 1. The number of nitrogens with zero attached hydrogens (tertiary/aromatic N) is 3. The molecule has 2 heterocycles. The van der Waals surface area contributed by atoms with E-state index >= 15 is 0 Å². The first kappa shape index (κ1) is 13.1. The first-order valence-corrected chi connectivity index (χ1v) is 6.54. The summed E-state index contributed by atoms with van der Waals surface area (Å²) in [4.78, 5) is 6.98. The fourth-order valence-corrected chi connectivity index (χ4v) is 3.10. The Hall–Kier alpha value is -1.33. The Morgan fingerprint density at radius 1 is 1.22 bits per heavy atom. The molecular weight excluding hydrogens is 268 g/mol. The van der Waals surface area contributed by atoms with Crippen LogP contribution in [0.5, 0.6) is 0 Å². The summed E-state index contributed by atoms with van der Waals surface area (Å²) in [6, 6.07) is 8.26. The highest BCUT2D eigenvalue weighted by Gasteiger charge is 2.18. The van der Waals surface area contributed by atoms with E-state index in [1.54, 1.807) is 11.3 Å². The van der Waals surface area contributed by atoms with Crippen molar-refractivity contribution in [3.8, 4) is 0 Å². The zero-order valence-corrected chi connectivity index (χ0v) is 11.5. The second kappa shape index (κ2) is 5.54. The number of nitrogens with two attached hydrogens (primary N) is 1. The van der Waals surface area contributed by atoms with E-state index in [9.17, 15) is 0 Å². The van der Waals surface area contributed by atoms with Gasteiger partial charge < -0.3 is 10.7 Å². The smallest absolute Gasteiger partial charge is 0.186 e. The molecule has 1 fully saturated rings. The largest absolute Gasteiger partial charge is 0.347 e. The van der Waals surface area contributed by atoms with Gasteiger partial charge in [-0.3, -0.25) is 0 Å². The van der Waals surface area contributed by atoms with Gasteiger partial charge in [0.25, 0.3) is 0 Å². The van der Waals surface area contributed by atoms with Crippen molar-refractivity contribution in [3.05, 3.63) is 24.3 Å². The second-order valence-electron chi connectivity index (χ2n) is 4.15. The molecule has 18 heavy (non-hydrogen) atoms. The van der Waals surface area contributed by atoms with Crippen molar-refractivity contribution < 1.29 is 0 Å². The van der Waals surface area contributed by atoms with Crippen LogP contribution >= 0.6 is 23.7 Å². The molecule has 1 aromatic heterocycles.